The summed E-state index contributed by atoms with van der Waals surface area (Å²) < 4.78 is 62.1. The van der Waals surface area contributed by atoms with E-state index in [-0.39, 0.29) is 35.5 Å². The lowest BCUT2D eigenvalue weighted by atomic mass is 9.81. The summed E-state index contributed by atoms with van der Waals surface area (Å²) in [6.07, 6.45) is -3.54. The molecule has 0 spiro atoms. The first-order valence-electron chi connectivity index (χ1n) is 10.9. The lowest BCUT2D eigenvalue weighted by Crippen LogP contribution is -2.50. The lowest BCUT2D eigenvalue weighted by Gasteiger charge is -2.39. The van der Waals surface area contributed by atoms with Gasteiger partial charge in [0, 0.05) is 29.1 Å². The van der Waals surface area contributed by atoms with E-state index in [2.05, 4.69) is 20.0 Å². The Labute approximate surface area is 205 Å². The van der Waals surface area contributed by atoms with Crippen LogP contribution in [-0.2, 0) is 5.54 Å². The summed E-state index contributed by atoms with van der Waals surface area (Å²) in [5, 5.41) is 12.6. The molecule has 3 heterocycles. The molecule has 12 heteroatoms. The summed E-state index contributed by atoms with van der Waals surface area (Å²) in [6, 6.07) is 12.1. The molecule has 1 amide bonds. The van der Waals surface area contributed by atoms with Gasteiger partial charge in [0.25, 0.3) is 5.91 Å². The minimum atomic E-state index is -5.09. The predicted molar refractivity (Wildman–Crippen MR) is 121 cm³/mol. The minimum absolute atomic E-state index is 0.0526. The van der Waals surface area contributed by atoms with Crippen molar-refractivity contribution in [2.45, 2.75) is 18.3 Å². The van der Waals surface area contributed by atoms with Crippen molar-refractivity contribution in [3.63, 3.8) is 0 Å². The van der Waals surface area contributed by atoms with E-state index in [9.17, 15) is 32.3 Å². The van der Waals surface area contributed by atoms with Crippen LogP contribution in [0.2, 0.25) is 0 Å². The molecule has 1 aliphatic heterocycles. The first-order valence-corrected chi connectivity index (χ1v) is 10.9. The number of pyridine rings is 1. The van der Waals surface area contributed by atoms with Crippen LogP contribution in [0.3, 0.4) is 0 Å². The average molecular weight is 515 g/mol. The Morgan fingerprint density at radius 1 is 1.14 bits per heavy atom. The number of aromatic carboxylic acids is 1. The molecule has 190 valence electrons. The molecule has 0 saturated heterocycles. The Hall–Kier alpha value is -4.61. The molecule has 5 rings (SSSR count). The fourth-order valence-corrected chi connectivity index (χ4v) is 4.36. The van der Waals surface area contributed by atoms with E-state index >= 15 is 0 Å². The van der Waals surface area contributed by atoms with Gasteiger partial charge in [0.15, 0.2) is 11.6 Å². The number of nitrogens with one attached hydrogen (secondary N) is 2. The zero-order valence-corrected chi connectivity index (χ0v) is 18.7. The van der Waals surface area contributed by atoms with Crippen molar-refractivity contribution in [1.82, 2.24) is 15.3 Å². The first-order chi connectivity index (χ1) is 17.6. The van der Waals surface area contributed by atoms with Gasteiger partial charge in [-0.25, -0.2) is 9.18 Å². The van der Waals surface area contributed by atoms with Gasteiger partial charge >= 0.3 is 12.3 Å². The van der Waals surface area contributed by atoms with Crippen molar-refractivity contribution in [1.29, 1.82) is 0 Å². The number of aromatic nitrogens is 2. The molecule has 4 aromatic rings. The maximum Gasteiger partial charge on any atom is 0.573 e. The van der Waals surface area contributed by atoms with Gasteiger partial charge in [0.1, 0.15) is 22.7 Å². The summed E-state index contributed by atoms with van der Waals surface area (Å²) >= 11 is 0. The monoisotopic (exact) mass is 515 g/mol. The zero-order valence-electron chi connectivity index (χ0n) is 18.7. The molecule has 0 saturated carbocycles. The largest absolute Gasteiger partial charge is 0.573 e. The van der Waals surface area contributed by atoms with Crippen LogP contribution in [0.15, 0.2) is 60.8 Å². The first kappa shape index (κ1) is 24.1. The van der Waals surface area contributed by atoms with E-state index in [1.807, 2.05) is 0 Å². The number of halogens is 4. The fourth-order valence-electron chi connectivity index (χ4n) is 4.36. The number of hydrogen-bond donors (Lipinski definition) is 3. The second-order valence-corrected chi connectivity index (χ2v) is 8.29. The molecule has 1 atom stereocenters. The third-order valence-corrected chi connectivity index (χ3v) is 6.00. The second-order valence-electron chi connectivity index (χ2n) is 8.29. The van der Waals surface area contributed by atoms with Gasteiger partial charge in [0.2, 0.25) is 0 Å². The van der Waals surface area contributed by atoms with Crippen LogP contribution in [0.25, 0.3) is 10.9 Å². The summed E-state index contributed by atoms with van der Waals surface area (Å²) in [7, 11) is 0. The summed E-state index contributed by atoms with van der Waals surface area (Å²) in [5.41, 5.74) is -0.571. The van der Waals surface area contributed by atoms with E-state index in [0.29, 0.717) is 16.7 Å². The van der Waals surface area contributed by atoms with E-state index in [1.54, 1.807) is 18.2 Å². The van der Waals surface area contributed by atoms with Gasteiger partial charge in [-0.2, -0.15) is 0 Å². The molecule has 37 heavy (non-hydrogen) atoms. The van der Waals surface area contributed by atoms with Crippen molar-refractivity contribution in [2.24, 2.45) is 0 Å². The second kappa shape index (κ2) is 8.80. The normalized spacial score (nSPS) is 17.1. The molecule has 2 aromatic carbocycles. The Bertz CT molecular complexity index is 1530. The van der Waals surface area contributed by atoms with Crippen LogP contribution in [0, 0.1) is 5.82 Å². The van der Waals surface area contributed by atoms with Gasteiger partial charge in [-0.05, 0) is 48.0 Å². The fraction of sp³-hybridized carbons (Fsp3) is 0.160. The summed E-state index contributed by atoms with van der Waals surface area (Å²) in [4.78, 5) is 31.8. The number of carboxylic acids is 1. The smallest absolute Gasteiger partial charge is 0.491 e. The molecule has 3 N–H and O–H groups in total. The Balaban J connectivity index is 1.58. The predicted octanol–water partition coefficient (Wildman–Crippen LogP) is 4.75. The Morgan fingerprint density at radius 2 is 1.95 bits per heavy atom. The van der Waals surface area contributed by atoms with Crippen LogP contribution >= 0.6 is 0 Å². The molecular weight excluding hydrogens is 498 g/mol. The topological polar surface area (TPSA) is 114 Å². The molecule has 0 radical (unpaired) electrons. The van der Waals surface area contributed by atoms with Crippen LogP contribution in [0.4, 0.5) is 17.6 Å². The van der Waals surface area contributed by atoms with E-state index in [1.165, 1.54) is 30.5 Å². The van der Waals surface area contributed by atoms with Gasteiger partial charge in [-0.3, -0.25) is 9.78 Å². The van der Waals surface area contributed by atoms with Crippen molar-refractivity contribution >= 4 is 22.8 Å². The number of benzene rings is 2. The van der Waals surface area contributed by atoms with Crippen molar-refractivity contribution in [3.8, 4) is 11.5 Å². The van der Waals surface area contributed by atoms with Crippen molar-refractivity contribution < 1.29 is 41.7 Å². The number of carboxylic acid groups (broad SMARTS) is 1. The van der Waals surface area contributed by atoms with Gasteiger partial charge in [0.05, 0.1) is 6.61 Å². The molecule has 1 aliphatic rings. The maximum absolute atomic E-state index is 14.7. The summed E-state index contributed by atoms with van der Waals surface area (Å²) in [6.45, 7) is 0.0963. The maximum atomic E-state index is 14.7. The number of ether oxygens (including phenoxy) is 2. The molecule has 8 nitrogen and oxygen atoms in total. The quantitative estimate of drug-likeness (QED) is 0.331. The SMILES string of the molecule is O=C(N[C@]1(c2ccc(OC(F)(F)F)c(F)c2)CCOc2cccnc21)c1ccc2cc(C(=O)O)[nH]c2c1. The van der Waals surface area contributed by atoms with Crippen LogP contribution in [-0.4, -0.2) is 39.9 Å². The number of rotatable bonds is 5. The van der Waals surface area contributed by atoms with Crippen LogP contribution in [0.1, 0.15) is 38.5 Å². The lowest BCUT2D eigenvalue weighted by molar-refractivity contribution is -0.275. The highest BCUT2D eigenvalue weighted by atomic mass is 19.4. The standard InChI is InChI=1S/C25H17F4N3O5/c26-16-12-15(5-6-19(16)37-25(27,28)29)24(7-9-36-20-2-1-8-30-21(20)24)32-22(33)14-4-3-13-10-18(23(34)35)31-17(13)11-14/h1-6,8,10-12,31H,7,9H2,(H,32,33)(H,34,35)/t24-/m0/s1. The number of H-pyrrole nitrogens is 1. The van der Waals surface area contributed by atoms with Crippen molar-refractivity contribution in [3.05, 3.63) is 89.1 Å². The highest BCUT2D eigenvalue weighted by Gasteiger charge is 2.43. The average Bonchev–Trinajstić information content (AvgIpc) is 3.29. The number of amides is 1. The number of hydrogen-bond acceptors (Lipinski definition) is 5. The minimum Gasteiger partial charge on any atom is -0.491 e. The Kier molecular flexibility index (Phi) is 5.73. The highest BCUT2D eigenvalue weighted by Crippen LogP contribution is 2.42. The molecule has 2 aromatic heterocycles. The number of alkyl halides is 3. The Morgan fingerprint density at radius 3 is 2.68 bits per heavy atom. The molecule has 0 bridgehead atoms. The number of fused-ring (bicyclic) bond motifs is 2. The summed E-state index contributed by atoms with van der Waals surface area (Å²) in [5.74, 6) is -3.75. The van der Waals surface area contributed by atoms with Gasteiger partial charge in [-0.1, -0.05) is 12.1 Å². The molecule has 0 fully saturated rings. The van der Waals surface area contributed by atoms with Crippen molar-refractivity contribution in [2.75, 3.05) is 6.61 Å². The number of aromatic amines is 1. The zero-order chi connectivity index (χ0) is 26.4. The van der Waals surface area contributed by atoms with Crippen LogP contribution < -0.4 is 14.8 Å². The van der Waals surface area contributed by atoms with Crippen LogP contribution in [0.5, 0.6) is 11.5 Å². The van der Waals surface area contributed by atoms with E-state index in [0.717, 1.165) is 12.1 Å². The van der Waals surface area contributed by atoms with Gasteiger partial charge in [-0.15, -0.1) is 13.2 Å². The number of nitrogens with zero attached hydrogens (tertiary/aromatic N) is 1. The third-order valence-electron chi connectivity index (χ3n) is 6.00. The molecule has 0 unspecified atom stereocenters. The van der Waals surface area contributed by atoms with E-state index in [4.69, 9.17) is 4.74 Å². The number of carbonyl (C=O) groups is 2. The third kappa shape index (κ3) is 4.53. The number of carbonyl (C=O) groups excluding carboxylic acids is 1. The van der Waals surface area contributed by atoms with E-state index < -0.39 is 35.3 Å². The molecular formula is C25H17F4N3O5. The highest BCUT2D eigenvalue weighted by molar-refractivity contribution is 6.00. The molecule has 0 aliphatic carbocycles. The van der Waals surface area contributed by atoms with Gasteiger partial charge < -0.3 is 24.9 Å².